The zero-order valence-electron chi connectivity index (χ0n) is 10.9. The van der Waals surface area contributed by atoms with Gasteiger partial charge in [0.2, 0.25) is 0 Å². The first-order valence-electron chi connectivity index (χ1n) is 6.26. The molecule has 3 unspecified atom stereocenters. The van der Waals surface area contributed by atoms with Gasteiger partial charge in [-0.05, 0) is 44.0 Å². The summed E-state index contributed by atoms with van der Waals surface area (Å²) in [5.74, 6) is 0.788. The van der Waals surface area contributed by atoms with E-state index < -0.39 is 6.10 Å². The third-order valence-electron chi connectivity index (χ3n) is 3.28. The van der Waals surface area contributed by atoms with Crippen molar-refractivity contribution in [3.05, 3.63) is 28.3 Å². The summed E-state index contributed by atoms with van der Waals surface area (Å²) in [4.78, 5) is 0. The van der Waals surface area contributed by atoms with Gasteiger partial charge in [-0.25, -0.2) is 0 Å². The highest BCUT2D eigenvalue weighted by atomic mass is 35.5. The Morgan fingerprint density at radius 2 is 1.94 bits per heavy atom. The average Bonchev–Trinajstić information content (AvgIpc) is 2.32. The Hall–Kier alpha value is -0.770. The van der Waals surface area contributed by atoms with E-state index in [0.717, 1.165) is 21.9 Å². The van der Waals surface area contributed by atoms with Gasteiger partial charge in [0.1, 0.15) is 18.0 Å². The third kappa shape index (κ3) is 2.63. The van der Waals surface area contributed by atoms with E-state index in [4.69, 9.17) is 21.1 Å². The molecule has 0 aromatic heterocycles. The summed E-state index contributed by atoms with van der Waals surface area (Å²) >= 11 is 6.12. The van der Waals surface area contributed by atoms with Crippen LogP contribution in [0.5, 0.6) is 5.75 Å². The van der Waals surface area contributed by atoms with Crippen LogP contribution in [0.1, 0.15) is 24.5 Å². The van der Waals surface area contributed by atoms with E-state index in [2.05, 4.69) is 0 Å². The summed E-state index contributed by atoms with van der Waals surface area (Å²) in [5, 5.41) is 10.4. The number of hydrogen-bond donors (Lipinski definition) is 1. The van der Waals surface area contributed by atoms with Gasteiger partial charge in [0.15, 0.2) is 0 Å². The van der Waals surface area contributed by atoms with Crippen LogP contribution >= 0.6 is 11.6 Å². The van der Waals surface area contributed by atoms with Gasteiger partial charge in [-0.1, -0.05) is 11.6 Å². The largest absolute Gasteiger partial charge is 0.487 e. The van der Waals surface area contributed by atoms with E-state index in [9.17, 15) is 5.11 Å². The molecule has 3 nitrogen and oxygen atoms in total. The normalized spacial score (nSPS) is 26.8. The van der Waals surface area contributed by atoms with Crippen molar-refractivity contribution in [3.63, 3.8) is 0 Å². The minimum atomic E-state index is -0.413. The maximum Gasteiger partial charge on any atom is 0.130 e. The van der Waals surface area contributed by atoms with Crippen LogP contribution in [0.25, 0.3) is 0 Å². The molecule has 0 aliphatic heterocycles. The highest BCUT2D eigenvalue weighted by molar-refractivity contribution is 6.32. The highest BCUT2D eigenvalue weighted by Crippen LogP contribution is 2.32. The molecule has 18 heavy (non-hydrogen) atoms. The molecule has 1 N–H and O–H groups in total. The van der Waals surface area contributed by atoms with Crippen LogP contribution in [0, 0.1) is 13.8 Å². The molecule has 0 saturated heterocycles. The molecule has 0 amide bonds. The summed E-state index contributed by atoms with van der Waals surface area (Å²) in [7, 11) is 0. The van der Waals surface area contributed by atoms with Crippen molar-refractivity contribution in [1.82, 2.24) is 0 Å². The van der Waals surface area contributed by atoms with Crippen LogP contribution in [-0.4, -0.2) is 30.0 Å². The Labute approximate surface area is 113 Å². The third-order valence-corrected chi connectivity index (χ3v) is 3.87. The lowest BCUT2D eigenvalue weighted by Gasteiger charge is -2.40. The minimum absolute atomic E-state index is 0.0695. The molecule has 1 aromatic rings. The fraction of sp³-hybridized carbons (Fsp3) is 0.571. The lowest BCUT2D eigenvalue weighted by atomic mass is 9.88. The zero-order chi connectivity index (χ0) is 13.3. The van der Waals surface area contributed by atoms with E-state index in [-0.39, 0.29) is 12.2 Å². The first-order chi connectivity index (χ1) is 8.52. The number of hydrogen-bond acceptors (Lipinski definition) is 3. The molecule has 1 aliphatic rings. The van der Waals surface area contributed by atoms with Crippen LogP contribution < -0.4 is 4.74 Å². The van der Waals surface area contributed by atoms with Gasteiger partial charge in [0.05, 0.1) is 6.10 Å². The molecule has 1 aliphatic carbocycles. The summed E-state index contributed by atoms with van der Waals surface area (Å²) in [6.07, 6.45) is -0.0820. The fourth-order valence-corrected chi connectivity index (χ4v) is 2.34. The quantitative estimate of drug-likeness (QED) is 0.914. The van der Waals surface area contributed by atoms with E-state index in [1.54, 1.807) is 0 Å². The van der Waals surface area contributed by atoms with Crippen molar-refractivity contribution in [2.75, 3.05) is 6.61 Å². The number of aliphatic hydroxyl groups is 1. The maximum atomic E-state index is 9.61. The summed E-state index contributed by atoms with van der Waals surface area (Å²) in [5.41, 5.74) is 2.00. The second-order valence-electron chi connectivity index (χ2n) is 4.75. The molecule has 100 valence electrons. The number of aryl methyl sites for hydroxylation is 2. The first-order valence-corrected chi connectivity index (χ1v) is 6.63. The summed E-state index contributed by atoms with van der Waals surface area (Å²) in [6.45, 7) is 6.41. The van der Waals surface area contributed by atoms with E-state index >= 15 is 0 Å². The monoisotopic (exact) mass is 270 g/mol. The number of benzene rings is 1. The van der Waals surface area contributed by atoms with Crippen LogP contribution in [0.2, 0.25) is 5.02 Å². The van der Waals surface area contributed by atoms with Gasteiger partial charge in [-0.3, -0.25) is 0 Å². The Bertz CT molecular complexity index is 410. The lowest BCUT2D eigenvalue weighted by Crippen LogP contribution is -2.55. The van der Waals surface area contributed by atoms with Gasteiger partial charge < -0.3 is 14.6 Å². The minimum Gasteiger partial charge on any atom is -0.487 e. The Kier molecular flexibility index (Phi) is 4.15. The number of halogens is 1. The molecule has 1 saturated carbocycles. The van der Waals surface area contributed by atoms with Crippen LogP contribution in [0.4, 0.5) is 0 Å². The van der Waals surface area contributed by atoms with Gasteiger partial charge in [0, 0.05) is 18.1 Å². The number of rotatable bonds is 4. The Morgan fingerprint density at radius 3 is 2.44 bits per heavy atom. The van der Waals surface area contributed by atoms with Crippen molar-refractivity contribution < 1.29 is 14.6 Å². The molecule has 0 bridgehead atoms. The standard InChI is InChI=1S/C14H19ClO3/c1-4-17-14-11(16)7-12(14)18-10-5-8(2)13(15)9(3)6-10/h5-6,11-12,14,16H,4,7H2,1-3H3. The van der Waals surface area contributed by atoms with E-state index in [1.165, 1.54) is 0 Å². The smallest absolute Gasteiger partial charge is 0.130 e. The average molecular weight is 271 g/mol. The van der Waals surface area contributed by atoms with E-state index in [1.807, 2.05) is 32.9 Å². The number of aliphatic hydroxyl groups excluding tert-OH is 1. The highest BCUT2D eigenvalue weighted by Gasteiger charge is 2.42. The van der Waals surface area contributed by atoms with Crippen molar-refractivity contribution in [1.29, 1.82) is 0 Å². The molecule has 3 atom stereocenters. The van der Waals surface area contributed by atoms with Crippen molar-refractivity contribution in [2.24, 2.45) is 0 Å². The SMILES string of the molecule is CCOC1C(O)CC1Oc1cc(C)c(Cl)c(C)c1. The zero-order valence-corrected chi connectivity index (χ0v) is 11.7. The van der Waals surface area contributed by atoms with Crippen LogP contribution in [-0.2, 0) is 4.74 Å². The molecular weight excluding hydrogens is 252 g/mol. The summed E-state index contributed by atoms with van der Waals surface area (Å²) < 4.78 is 11.3. The molecule has 2 rings (SSSR count). The second-order valence-corrected chi connectivity index (χ2v) is 5.13. The van der Waals surface area contributed by atoms with Crippen LogP contribution in [0.15, 0.2) is 12.1 Å². The molecule has 4 heteroatoms. The Morgan fingerprint density at radius 1 is 1.33 bits per heavy atom. The number of ether oxygens (including phenoxy) is 2. The topological polar surface area (TPSA) is 38.7 Å². The van der Waals surface area contributed by atoms with Crippen molar-refractivity contribution in [2.45, 2.75) is 45.5 Å². The lowest BCUT2D eigenvalue weighted by molar-refractivity contribution is -0.160. The van der Waals surface area contributed by atoms with Crippen LogP contribution in [0.3, 0.4) is 0 Å². The predicted octanol–water partition coefficient (Wildman–Crippen LogP) is 2.87. The van der Waals surface area contributed by atoms with Gasteiger partial charge in [0.25, 0.3) is 0 Å². The molecule has 0 spiro atoms. The molecule has 0 heterocycles. The summed E-state index contributed by atoms with van der Waals surface area (Å²) in [6, 6.07) is 3.84. The van der Waals surface area contributed by atoms with E-state index in [0.29, 0.717) is 13.0 Å². The second kappa shape index (κ2) is 5.47. The predicted molar refractivity (Wildman–Crippen MR) is 71.4 cm³/mol. The Balaban J connectivity index is 2.06. The van der Waals surface area contributed by atoms with Gasteiger partial charge in [-0.15, -0.1) is 0 Å². The maximum absolute atomic E-state index is 9.61. The van der Waals surface area contributed by atoms with Crippen molar-refractivity contribution in [3.8, 4) is 5.75 Å². The first kappa shape index (κ1) is 13.7. The fourth-order valence-electron chi connectivity index (χ4n) is 2.23. The van der Waals surface area contributed by atoms with Gasteiger partial charge in [-0.2, -0.15) is 0 Å². The molecule has 0 radical (unpaired) electrons. The molecular formula is C14H19ClO3. The van der Waals surface area contributed by atoms with Gasteiger partial charge >= 0.3 is 0 Å². The molecule has 1 fully saturated rings. The molecule has 1 aromatic carbocycles. The van der Waals surface area contributed by atoms with Crippen molar-refractivity contribution >= 4 is 11.6 Å².